The summed E-state index contributed by atoms with van der Waals surface area (Å²) in [5, 5.41) is 0. The van der Waals surface area contributed by atoms with Crippen LogP contribution < -0.4 is 4.74 Å². The quantitative estimate of drug-likeness (QED) is 0.682. The van der Waals surface area contributed by atoms with Gasteiger partial charge < -0.3 is 9.64 Å². The molecule has 4 nitrogen and oxygen atoms in total. The van der Waals surface area contributed by atoms with Crippen molar-refractivity contribution >= 4 is 0 Å². The smallest absolute Gasteiger partial charge is 0.217 e. The minimum Gasteiger partial charge on any atom is -0.476 e. The molecule has 0 aliphatic heterocycles. The van der Waals surface area contributed by atoms with Gasteiger partial charge in [0.2, 0.25) is 5.88 Å². The SMILES string of the molecule is Cc1cc(OCCN(C)C)nc(-c2ccccc2-c2ccccc2)n1. The van der Waals surface area contributed by atoms with Gasteiger partial charge in [-0.25, -0.2) is 4.98 Å². The first-order chi connectivity index (χ1) is 12.1. The predicted molar refractivity (Wildman–Crippen MR) is 102 cm³/mol. The van der Waals surface area contributed by atoms with Crippen molar-refractivity contribution in [2.24, 2.45) is 0 Å². The summed E-state index contributed by atoms with van der Waals surface area (Å²) in [7, 11) is 4.05. The second-order valence-electron chi connectivity index (χ2n) is 6.23. The van der Waals surface area contributed by atoms with Gasteiger partial charge in [-0.3, -0.25) is 0 Å². The summed E-state index contributed by atoms with van der Waals surface area (Å²) in [5.41, 5.74) is 4.17. The summed E-state index contributed by atoms with van der Waals surface area (Å²) in [6.07, 6.45) is 0. The first-order valence-corrected chi connectivity index (χ1v) is 8.41. The van der Waals surface area contributed by atoms with E-state index in [4.69, 9.17) is 4.74 Å². The molecule has 0 bridgehead atoms. The Balaban J connectivity index is 1.96. The van der Waals surface area contributed by atoms with Crippen molar-refractivity contribution in [3.63, 3.8) is 0 Å². The average Bonchev–Trinajstić information content (AvgIpc) is 2.62. The Hall–Kier alpha value is -2.72. The summed E-state index contributed by atoms with van der Waals surface area (Å²) < 4.78 is 5.81. The molecule has 0 spiro atoms. The number of hydrogen-bond acceptors (Lipinski definition) is 4. The van der Waals surface area contributed by atoms with E-state index < -0.39 is 0 Å². The molecule has 0 aliphatic rings. The molecule has 0 unspecified atom stereocenters. The molecule has 128 valence electrons. The Morgan fingerprint density at radius 1 is 0.880 bits per heavy atom. The van der Waals surface area contributed by atoms with Gasteiger partial charge in [0.05, 0.1) is 0 Å². The highest BCUT2D eigenvalue weighted by Gasteiger charge is 2.11. The molecule has 1 aromatic heterocycles. The minimum atomic E-state index is 0.600. The second-order valence-corrected chi connectivity index (χ2v) is 6.23. The van der Waals surface area contributed by atoms with Crippen LogP contribution in [0.2, 0.25) is 0 Å². The molecule has 0 radical (unpaired) electrons. The van der Waals surface area contributed by atoms with Crippen molar-refractivity contribution in [1.82, 2.24) is 14.9 Å². The third-order valence-corrected chi connectivity index (χ3v) is 3.87. The summed E-state index contributed by atoms with van der Waals surface area (Å²) in [5.74, 6) is 1.31. The third kappa shape index (κ3) is 4.43. The fourth-order valence-corrected chi connectivity index (χ4v) is 2.61. The molecule has 0 saturated heterocycles. The van der Waals surface area contributed by atoms with Crippen molar-refractivity contribution < 1.29 is 4.74 Å². The number of likely N-dealkylation sites (N-methyl/N-ethyl adjacent to an activating group) is 1. The molecular formula is C21H23N3O. The zero-order chi connectivity index (χ0) is 17.6. The highest BCUT2D eigenvalue weighted by atomic mass is 16.5. The van der Waals surface area contributed by atoms with Gasteiger partial charge in [-0.05, 0) is 32.1 Å². The van der Waals surface area contributed by atoms with Gasteiger partial charge in [0.15, 0.2) is 5.82 Å². The van der Waals surface area contributed by atoms with Crippen LogP contribution in [0.3, 0.4) is 0 Å². The van der Waals surface area contributed by atoms with Gasteiger partial charge in [-0.15, -0.1) is 0 Å². The van der Waals surface area contributed by atoms with Gasteiger partial charge in [0.25, 0.3) is 0 Å². The predicted octanol–water partition coefficient (Wildman–Crippen LogP) is 4.06. The van der Waals surface area contributed by atoms with Crippen molar-refractivity contribution in [2.45, 2.75) is 6.92 Å². The number of ether oxygens (including phenoxy) is 1. The van der Waals surface area contributed by atoms with Gasteiger partial charge in [0.1, 0.15) is 6.61 Å². The standard InChI is InChI=1S/C21H23N3O/c1-16-15-20(25-14-13-24(2)3)23-21(22-16)19-12-8-7-11-18(19)17-9-5-4-6-10-17/h4-12,15H,13-14H2,1-3H3. The maximum atomic E-state index is 5.81. The van der Waals surface area contributed by atoms with Crippen molar-refractivity contribution in [1.29, 1.82) is 0 Å². The molecule has 3 rings (SSSR count). The second kappa shape index (κ2) is 7.90. The Morgan fingerprint density at radius 2 is 1.56 bits per heavy atom. The van der Waals surface area contributed by atoms with Gasteiger partial charge >= 0.3 is 0 Å². The fourth-order valence-electron chi connectivity index (χ4n) is 2.61. The molecule has 0 amide bonds. The molecule has 0 N–H and O–H groups in total. The van der Waals surface area contributed by atoms with E-state index in [2.05, 4.69) is 39.1 Å². The van der Waals surface area contributed by atoms with E-state index in [1.807, 2.05) is 57.4 Å². The monoisotopic (exact) mass is 333 g/mol. The Morgan fingerprint density at radius 3 is 2.28 bits per heavy atom. The highest BCUT2D eigenvalue weighted by molar-refractivity contribution is 5.80. The summed E-state index contributed by atoms with van der Waals surface area (Å²) in [4.78, 5) is 11.3. The third-order valence-electron chi connectivity index (χ3n) is 3.87. The van der Waals surface area contributed by atoms with Crippen molar-refractivity contribution in [3.05, 3.63) is 66.4 Å². The lowest BCUT2D eigenvalue weighted by atomic mass is 9.99. The number of benzene rings is 2. The van der Waals surface area contributed by atoms with E-state index >= 15 is 0 Å². The maximum absolute atomic E-state index is 5.81. The van der Waals surface area contributed by atoms with Gasteiger partial charge in [0, 0.05) is 23.9 Å². The Labute approximate surface area is 149 Å². The first-order valence-electron chi connectivity index (χ1n) is 8.41. The van der Waals surface area contributed by atoms with Crippen LogP contribution >= 0.6 is 0 Å². The van der Waals surface area contributed by atoms with Crippen LogP contribution in [0.25, 0.3) is 22.5 Å². The van der Waals surface area contributed by atoms with Crippen LogP contribution in [-0.4, -0.2) is 42.1 Å². The van der Waals surface area contributed by atoms with Crippen LogP contribution in [0.15, 0.2) is 60.7 Å². The van der Waals surface area contributed by atoms with Crippen molar-refractivity contribution in [2.75, 3.05) is 27.2 Å². The lowest BCUT2D eigenvalue weighted by Gasteiger charge is -2.13. The maximum Gasteiger partial charge on any atom is 0.217 e. The number of aryl methyl sites for hydroxylation is 1. The van der Waals surface area contributed by atoms with E-state index in [0.29, 0.717) is 18.3 Å². The van der Waals surface area contributed by atoms with E-state index in [1.165, 1.54) is 0 Å². The molecule has 0 aliphatic carbocycles. The Bertz CT molecular complexity index is 832. The highest BCUT2D eigenvalue weighted by Crippen LogP contribution is 2.30. The van der Waals surface area contributed by atoms with Crippen LogP contribution in [0.4, 0.5) is 0 Å². The zero-order valence-corrected chi connectivity index (χ0v) is 14.9. The minimum absolute atomic E-state index is 0.600. The molecule has 0 saturated carbocycles. The molecular weight excluding hydrogens is 310 g/mol. The molecule has 0 fully saturated rings. The number of aromatic nitrogens is 2. The van der Waals surface area contributed by atoms with Crippen LogP contribution in [0.5, 0.6) is 5.88 Å². The van der Waals surface area contributed by atoms with E-state index in [9.17, 15) is 0 Å². The van der Waals surface area contributed by atoms with Gasteiger partial charge in [-0.2, -0.15) is 4.98 Å². The lowest BCUT2D eigenvalue weighted by Crippen LogP contribution is -2.19. The van der Waals surface area contributed by atoms with Crippen LogP contribution in [-0.2, 0) is 0 Å². The molecule has 1 heterocycles. The topological polar surface area (TPSA) is 38.2 Å². The molecule has 0 atom stereocenters. The fraction of sp³-hybridized carbons (Fsp3) is 0.238. The van der Waals surface area contributed by atoms with Gasteiger partial charge in [-0.1, -0.05) is 54.6 Å². The number of hydrogen-bond donors (Lipinski definition) is 0. The largest absolute Gasteiger partial charge is 0.476 e. The zero-order valence-electron chi connectivity index (χ0n) is 14.9. The average molecular weight is 333 g/mol. The molecule has 25 heavy (non-hydrogen) atoms. The summed E-state index contributed by atoms with van der Waals surface area (Å²) in [6, 6.07) is 20.4. The lowest BCUT2D eigenvalue weighted by molar-refractivity contribution is 0.253. The van der Waals surface area contributed by atoms with Crippen LogP contribution in [0.1, 0.15) is 5.69 Å². The first kappa shape index (κ1) is 17.1. The molecule has 4 heteroatoms. The summed E-state index contributed by atoms with van der Waals surface area (Å²) in [6.45, 7) is 3.41. The summed E-state index contributed by atoms with van der Waals surface area (Å²) >= 11 is 0. The van der Waals surface area contributed by atoms with Crippen LogP contribution in [0, 0.1) is 6.92 Å². The number of nitrogens with zero attached hydrogens (tertiary/aromatic N) is 3. The van der Waals surface area contributed by atoms with E-state index in [-0.39, 0.29) is 0 Å². The van der Waals surface area contributed by atoms with E-state index in [1.54, 1.807) is 0 Å². The molecule has 2 aromatic carbocycles. The normalized spacial score (nSPS) is 10.9. The number of rotatable bonds is 6. The Kier molecular flexibility index (Phi) is 5.41. The van der Waals surface area contributed by atoms with Crippen molar-refractivity contribution in [3.8, 4) is 28.4 Å². The molecule has 3 aromatic rings. The van der Waals surface area contributed by atoms with E-state index in [0.717, 1.165) is 28.9 Å².